The number of nitrogens with zero attached hydrogens (tertiary/aromatic N) is 5. The number of anilines is 1. The third-order valence-electron chi connectivity index (χ3n) is 6.05. The number of likely N-dealkylation sites (tertiary alicyclic amines) is 2. The second-order valence-corrected chi connectivity index (χ2v) is 7.85. The molecule has 0 aromatic carbocycles. The highest BCUT2D eigenvalue weighted by molar-refractivity contribution is 5.81. The van der Waals surface area contributed by atoms with Gasteiger partial charge in [-0.15, -0.1) is 0 Å². The first-order valence-electron chi connectivity index (χ1n) is 10.0. The van der Waals surface area contributed by atoms with Crippen molar-refractivity contribution in [2.75, 3.05) is 44.2 Å². The van der Waals surface area contributed by atoms with Gasteiger partial charge in [0.2, 0.25) is 5.91 Å². The van der Waals surface area contributed by atoms with Crippen molar-refractivity contribution in [1.82, 2.24) is 19.6 Å². The Morgan fingerprint density at radius 1 is 1.04 bits per heavy atom. The van der Waals surface area contributed by atoms with Crippen molar-refractivity contribution in [3.63, 3.8) is 0 Å². The summed E-state index contributed by atoms with van der Waals surface area (Å²) in [5, 5.41) is 4.53. The van der Waals surface area contributed by atoms with E-state index in [1.807, 2.05) is 6.92 Å². The molecule has 3 aliphatic rings. The highest BCUT2D eigenvalue weighted by Crippen LogP contribution is 2.23. The number of rotatable bonds is 3. The molecule has 2 fully saturated rings. The van der Waals surface area contributed by atoms with Crippen LogP contribution >= 0.6 is 0 Å². The Morgan fingerprint density at radius 3 is 2.56 bits per heavy atom. The fraction of sp³-hybridized carbons (Fsp3) is 0.789. The zero-order valence-electron chi connectivity index (χ0n) is 15.5. The van der Waals surface area contributed by atoms with Gasteiger partial charge in [0.1, 0.15) is 5.82 Å². The molecule has 0 spiro atoms. The van der Waals surface area contributed by atoms with Crippen LogP contribution in [0.25, 0.3) is 0 Å². The summed E-state index contributed by atoms with van der Waals surface area (Å²) in [5.41, 5.74) is 1.04. The lowest BCUT2D eigenvalue weighted by molar-refractivity contribution is -0.131. The van der Waals surface area contributed by atoms with Crippen molar-refractivity contribution >= 4 is 11.7 Å². The van der Waals surface area contributed by atoms with E-state index in [4.69, 9.17) is 0 Å². The minimum absolute atomic E-state index is 0.282. The normalized spacial score (nSPS) is 22.9. The number of amides is 1. The molecule has 25 heavy (non-hydrogen) atoms. The van der Waals surface area contributed by atoms with Gasteiger partial charge in [0.15, 0.2) is 0 Å². The maximum Gasteiger partial charge on any atom is 0.242 e. The maximum atomic E-state index is 12.8. The van der Waals surface area contributed by atoms with Crippen LogP contribution in [0.2, 0.25) is 0 Å². The van der Waals surface area contributed by atoms with Crippen LogP contribution in [0.5, 0.6) is 0 Å². The number of hydrogen-bond acceptors (Lipinski definition) is 4. The van der Waals surface area contributed by atoms with E-state index in [0.29, 0.717) is 12.6 Å². The second-order valence-electron chi connectivity index (χ2n) is 7.85. The average molecular weight is 345 g/mol. The van der Waals surface area contributed by atoms with Gasteiger partial charge in [-0.3, -0.25) is 4.79 Å². The standard InChI is InChI=1S/C19H31N5O/c1-16-14-18-23(10-5-11-24(18)20-16)15-19(25)22-12-6-17(7-13-22)21-8-3-2-4-9-21/h14,17H,2-13,15H2,1H3. The summed E-state index contributed by atoms with van der Waals surface area (Å²) >= 11 is 0. The van der Waals surface area contributed by atoms with Gasteiger partial charge in [0.25, 0.3) is 0 Å². The van der Waals surface area contributed by atoms with Crippen molar-refractivity contribution < 1.29 is 4.79 Å². The predicted molar refractivity (Wildman–Crippen MR) is 98.8 cm³/mol. The minimum atomic E-state index is 0.282. The minimum Gasteiger partial charge on any atom is -0.347 e. The molecule has 0 aliphatic carbocycles. The van der Waals surface area contributed by atoms with Crippen molar-refractivity contribution in [2.45, 2.75) is 58.0 Å². The Morgan fingerprint density at radius 2 is 1.80 bits per heavy atom. The lowest BCUT2D eigenvalue weighted by Gasteiger charge is -2.40. The molecule has 1 aromatic heterocycles. The molecule has 6 nitrogen and oxygen atoms in total. The first-order valence-corrected chi connectivity index (χ1v) is 10.0. The molecule has 0 atom stereocenters. The van der Waals surface area contributed by atoms with Crippen LogP contribution in [0.15, 0.2) is 6.07 Å². The number of hydrogen-bond donors (Lipinski definition) is 0. The SMILES string of the molecule is Cc1cc2n(n1)CCCN2CC(=O)N1CCC(N2CCCCC2)CC1. The quantitative estimate of drug-likeness (QED) is 0.839. The Bertz CT molecular complexity index is 599. The summed E-state index contributed by atoms with van der Waals surface area (Å²) in [4.78, 5) is 19.8. The molecule has 0 N–H and O–H groups in total. The number of piperidine rings is 2. The van der Waals surface area contributed by atoms with Crippen molar-refractivity contribution in [2.24, 2.45) is 0 Å². The van der Waals surface area contributed by atoms with Gasteiger partial charge in [-0.2, -0.15) is 5.10 Å². The van der Waals surface area contributed by atoms with Gasteiger partial charge in [0, 0.05) is 38.3 Å². The molecule has 2 saturated heterocycles. The molecular weight excluding hydrogens is 314 g/mol. The fourth-order valence-electron chi connectivity index (χ4n) is 4.66. The van der Waals surface area contributed by atoms with Crippen LogP contribution in [0.3, 0.4) is 0 Å². The summed E-state index contributed by atoms with van der Waals surface area (Å²) in [6.07, 6.45) is 7.44. The first kappa shape index (κ1) is 16.9. The van der Waals surface area contributed by atoms with Crippen LogP contribution in [-0.2, 0) is 11.3 Å². The van der Waals surface area contributed by atoms with E-state index >= 15 is 0 Å². The van der Waals surface area contributed by atoms with E-state index in [0.717, 1.165) is 57.0 Å². The average Bonchev–Trinajstić information content (AvgIpc) is 3.04. The predicted octanol–water partition coefficient (Wildman–Crippen LogP) is 1.88. The highest BCUT2D eigenvalue weighted by atomic mass is 16.2. The summed E-state index contributed by atoms with van der Waals surface area (Å²) in [5.74, 6) is 1.39. The molecule has 0 saturated carbocycles. The molecule has 0 radical (unpaired) electrons. The Kier molecular flexibility index (Phi) is 4.97. The molecule has 0 bridgehead atoms. The molecule has 0 unspecified atom stereocenters. The van der Waals surface area contributed by atoms with Gasteiger partial charge in [-0.1, -0.05) is 6.42 Å². The molecule has 3 aliphatic heterocycles. The zero-order chi connectivity index (χ0) is 17.2. The number of aromatic nitrogens is 2. The number of carbonyl (C=O) groups is 1. The third kappa shape index (κ3) is 3.68. The van der Waals surface area contributed by atoms with Crippen LogP contribution < -0.4 is 4.90 Å². The Labute approximate surface area is 150 Å². The van der Waals surface area contributed by atoms with E-state index in [1.54, 1.807) is 0 Å². The van der Waals surface area contributed by atoms with Gasteiger partial charge in [-0.25, -0.2) is 4.68 Å². The fourth-order valence-corrected chi connectivity index (χ4v) is 4.66. The summed E-state index contributed by atoms with van der Waals surface area (Å²) in [6, 6.07) is 2.80. The van der Waals surface area contributed by atoms with E-state index < -0.39 is 0 Å². The number of carbonyl (C=O) groups excluding carboxylic acids is 1. The molecular formula is C19H31N5O. The largest absolute Gasteiger partial charge is 0.347 e. The molecule has 6 heteroatoms. The maximum absolute atomic E-state index is 12.8. The second kappa shape index (κ2) is 7.36. The molecule has 4 rings (SSSR count). The molecule has 138 valence electrons. The van der Waals surface area contributed by atoms with Crippen LogP contribution in [0, 0.1) is 6.92 Å². The Hall–Kier alpha value is -1.56. The van der Waals surface area contributed by atoms with Crippen molar-refractivity contribution in [1.29, 1.82) is 0 Å². The lowest BCUT2D eigenvalue weighted by Crippen LogP contribution is -2.50. The van der Waals surface area contributed by atoms with E-state index in [1.165, 1.54) is 32.4 Å². The van der Waals surface area contributed by atoms with E-state index in [-0.39, 0.29) is 5.91 Å². The van der Waals surface area contributed by atoms with Crippen LogP contribution in [0.4, 0.5) is 5.82 Å². The van der Waals surface area contributed by atoms with Crippen molar-refractivity contribution in [3.05, 3.63) is 11.8 Å². The monoisotopic (exact) mass is 345 g/mol. The van der Waals surface area contributed by atoms with E-state index in [2.05, 4.69) is 30.5 Å². The van der Waals surface area contributed by atoms with Crippen molar-refractivity contribution in [3.8, 4) is 0 Å². The molecule has 1 aromatic rings. The van der Waals surface area contributed by atoms with Crippen LogP contribution in [0.1, 0.15) is 44.2 Å². The zero-order valence-corrected chi connectivity index (χ0v) is 15.5. The highest BCUT2D eigenvalue weighted by Gasteiger charge is 2.29. The summed E-state index contributed by atoms with van der Waals surface area (Å²) in [7, 11) is 0. The summed E-state index contributed by atoms with van der Waals surface area (Å²) in [6.45, 7) is 8.82. The first-order chi connectivity index (χ1) is 12.2. The van der Waals surface area contributed by atoms with Crippen LogP contribution in [-0.4, -0.2) is 70.8 Å². The Balaban J connectivity index is 1.31. The number of aryl methyl sites for hydroxylation is 2. The third-order valence-corrected chi connectivity index (χ3v) is 6.05. The lowest BCUT2D eigenvalue weighted by atomic mass is 10.00. The van der Waals surface area contributed by atoms with Gasteiger partial charge in [-0.05, 0) is 52.1 Å². The van der Waals surface area contributed by atoms with Gasteiger partial charge in [0.05, 0.1) is 12.2 Å². The smallest absolute Gasteiger partial charge is 0.242 e. The molecule has 1 amide bonds. The molecule has 4 heterocycles. The van der Waals surface area contributed by atoms with Gasteiger partial charge >= 0.3 is 0 Å². The summed E-state index contributed by atoms with van der Waals surface area (Å²) < 4.78 is 2.05. The van der Waals surface area contributed by atoms with Gasteiger partial charge < -0.3 is 14.7 Å². The van der Waals surface area contributed by atoms with E-state index in [9.17, 15) is 4.79 Å². The number of fused-ring (bicyclic) bond motifs is 1. The topological polar surface area (TPSA) is 44.6 Å².